The van der Waals surface area contributed by atoms with Gasteiger partial charge in [-0.1, -0.05) is 44.7 Å². The lowest BCUT2D eigenvalue weighted by Crippen LogP contribution is -2.07. The molecule has 0 amide bonds. The third-order valence-electron chi connectivity index (χ3n) is 1.49. The van der Waals surface area contributed by atoms with Gasteiger partial charge in [0.05, 0.1) is 6.10 Å². The van der Waals surface area contributed by atoms with Crippen molar-refractivity contribution in [3.63, 3.8) is 0 Å². The van der Waals surface area contributed by atoms with Gasteiger partial charge in [-0.05, 0) is 12.0 Å². The molecule has 0 aliphatic heterocycles. The lowest BCUT2D eigenvalue weighted by atomic mass is 10.1. The van der Waals surface area contributed by atoms with E-state index in [1.54, 1.807) is 18.2 Å². The third kappa shape index (κ3) is 3.79. The molecule has 1 heteroatoms. The minimum atomic E-state index is -0.379. The van der Waals surface area contributed by atoms with Crippen molar-refractivity contribution in [1.82, 2.24) is 0 Å². The predicted octanol–water partition coefficient (Wildman–Crippen LogP) is 2.45. The number of aliphatic hydroxyl groups is 1. The summed E-state index contributed by atoms with van der Waals surface area (Å²) >= 11 is 0. The summed E-state index contributed by atoms with van der Waals surface area (Å²) in [6.07, 6.45) is 6.50. The number of aliphatic hydroxyl groups excluding tert-OH is 1. The van der Waals surface area contributed by atoms with Gasteiger partial charge >= 0.3 is 0 Å². The van der Waals surface area contributed by atoms with Gasteiger partial charge in [-0.2, -0.15) is 0 Å². The fourth-order valence-electron chi connectivity index (χ4n) is 0.891. The highest BCUT2D eigenvalue weighted by molar-refractivity contribution is 5.24. The molecule has 0 bridgehead atoms. The summed E-state index contributed by atoms with van der Waals surface area (Å²) in [7, 11) is 0. The highest BCUT2D eigenvalue weighted by Crippen LogP contribution is 2.09. The van der Waals surface area contributed by atoms with E-state index >= 15 is 0 Å². The maximum absolute atomic E-state index is 9.45. The Bertz CT molecular complexity index is 156. The topological polar surface area (TPSA) is 20.2 Å². The molecule has 1 N–H and O–H groups in total. The molecular weight excluding hydrogens is 136 g/mol. The average Bonchev–Trinajstić information content (AvgIpc) is 2.00. The minimum absolute atomic E-state index is 0.379. The molecule has 1 atom stereocenters. The minimum Gasteiger partial charge on any atom is -0.388 e. The highest BCUT2D eigenvalue weighted by atomic mass is 16.3. The monoisotopic (exact) mass is 152 g/mol. The normalized spacial score (nSPS) is 14.2. The van der Waals surface area contributed by atoms with Crippen LogP contribution in [0.1, 0.15) is 19.8 Å². The summed E-state index contributed by atoms with van der Waals surface area (Å²) in [6.45, 7) is 9.20. The quantitative estimate of drug-likeness (QED) is 0.600. The predicted molar refractivity (Wildman–Crippen MR) is 49.4 cm³/mol. The van der Waals surface area contributed by atoms with E-state index in [4.69, 9.17) is 0 Å². The summed E-state index contributed by atoms with van der Waals surface area (Å²) in [5.41, 5.74) is 0.849. The molecule has 0 saturated heterocycles. The summed E-state index contributed by atoms with van der Waals surface area (Å²) < 4.78 is 0. The van der Waals surface area contributed by atoms with Crippen molar-refractivity contribution in [2.45, 2.75) is 25.9 Å². The maximum atomic E-state index is 9.45. The van der Waals surface area contributed by atoms with E-state index in [0.29, 0.717) is 0 Å². The zero-order chi connectivity index (χ0) is 8.69. The van der Waals surface area contributed by atoms with Crippen LogP contribution in [0.3, 0.4) is 0 Å². The first-order chi connectivity index (χ1) is 5.26. The van der Waals surface area contributed by atoms with E-state index in [-0.39, 0.29) is 6.10 Å². The molecule has 0 heterocycles. The molecule has 0 aliphatic carbocycles. The van der Waals surface area contributed by atoms with Crippen molar-refractivity contribution in [2.75, 3.05) is 0 Å². The van der Waals surface area contributed by atoms with Crippen LogP contribution in [0, 0.1) is 0 Å². The Morgan fingerprint density at radius 2 is 2.18 bits per heavy atom. The van der Waals surface area contributed by atoms with Gasteiger partial charge in [0.15, 0.2) is 0 Å². The van der Waals surface area contributed by atoms with Crippen molar-refractivity contribution in [3.8, 4) is 0 Å². The van der Waals surface area contributed by atoms with Crippen LogP contribution in [0.15, 0.2) is 37.0 Å². The van der Waals surface area contributed by atoms with Gasteiger partial charge < -0.3 is 5.11 Å². The Labute approximate surface area is 68.7 Å². The first-order valence-corrected chi connectivity index (χ1v) is 3.89. The van der Waals surface area contributed by atoms with Crippen LogP contribution in [-0.2, 0) is 0 Å². The second-order valence-corrected chi connectivity index (χ2v) is 2.41. The molecule has 0 spiro atoms. The van der Waals surface area contributed by atoms with E-state index < -0.39 is 0 Å². The van der Waals surface area contributed by atoms with Gasteiger partial charge in [-0.25, -0.2) is 0 Å². The molecular formula is C10H16O. The summed E-state index contributed by atoms with van der Waals surface area (Å²) in [6, 6.07) is 0. The summed E-state index contributed by atoms with van der Waals surface area (Å²) in [4.78, 5) is 0. The van der Waals surface area contributed by atoms with Crippen LogP contribution in [0.25, 0.3) is 0 Å². The van der Waals surface area contributed by atoms with Gasteiger partial charge in [0, 0.05) is 0 Å². The molecule has 0 fully saturated rings. The van der Waals surface area contributed by atoms with Crippen molar-refractivity contribution in [2.24, 2.45) is 0 Å². The van der Waals surface area contributed by atoms with E-state index in [1.165, 1.54) is 0 Å². The van der Waals surface area contributed by atoms with Gasteiger partial charge in [0.1, 0.15) is 0 Å². The summed E-state index contributed by atoms with van der Waals surface area (Å²) in [5.74, 6) is 0. The van der Waals surface area contributed by atoms with Crippen molar-refractivity contribution < 1.29 is 5.11 Å². The van der Waals surface area contributed by atoms with Crippen molar-refractivity contribution in [1.29, 1.82) is 0 Å². The molecule has 11 heavy (non-hydrogen) atoms. The number of hydrogen-bond donors (Lipinski definition) is 1. The highest BCUT2D eigenvalue weighted by Gasteiger charge is 2.04. The van der Waals surface area contributed by atoms with Crippen LogP contribution in [0.4, 0.5) is 0 Å². The SMILES string of the molecule is C=C/C=C(\C=C)C(O)CCC. The lowest BCUT2D eigenvalue weighted by molar-refractivity contribution is 0.203. The van der Waals surface area contributed by atoms with Crippen LogP contribution >= 0.6 is 0 Å². The van der Waals surface area contributed by atoms with E-state index in [9.17, 15) is 5.11 Å². The maximum Gasteiger partial charge on any atom is 0.0789 e. The van der Waals surface area contributed by atoms with E-state index in [0.717, 1.165) is 18.4 Å². The molecule has 0 aliphatic rings. The largest absolute Gasteiger partial charge is 0.388 e. The van der Waals surface area contributed by atoms with Crippen LogP contribution < -0.4 is 0 Å². The zero-order valence-electron chi connectivity index (χ0n) is 7.09. The summed E-state index contributed by atoms with van der Waals surface area (Å²) in [5, 5.41) is 9.45. The van der Waals surface area contributed by atoms with E-state index in [2.05, 4.69) is 13.2 Å². The second kappa shape index (κ2) is 5.93. The number of hydrogen-bond acceptors (Lipinski definition) is 1. The van der Waals surface area contributed by atoms with Crippen molar-refractivity contribution in [3.05, 3.63) is 37.0 Å². The fraction of sp³-hybridized carbons (Fsp3) is 0.400. The first kappa shape index (κ1) is 10.2. The van der Waals surface area contributed by atoms with Gasteiger partial charge in [0.25, 0.3) is 0 Å². The van der Waals surface area contributed by atoms with Crippen LogP contribution in [0.5, 0.6) is 0 Å². The standard InChI is InChI=1S/C10H16O/c1-4-7-9(6-3)10(11)8-5-2/h4,6-7,10-11H,1,3,5,8H2,2H3/b9-7+. The Morgan fingerprint density at radius 1 is 1.55 bits per heavy atom. The number of allylic oxidation sites excluding steroid dienone is 2. The Hall–Kier alpha value is -0.820. The molecule has 0 saturated carbocycles. The van der Waals surface area contributed by atoms with Crippen LogP contribution in [0.2, 0.25) is 0 Å². The third-order valence-corrected chi connectivity index (χ3v) is 1.49. The molecule has 0 aromatic carbocycles. The molecule has 0 radical (unpaired) electrons. The molecule has 1 nitrogen and oxygen atoms in total. The van der Waals surface area contributed by atoms with Gasteiger partial charge in [0.2, 0.25) is 0 Å². The van der Waals surface area contributed by atoms with E-state index in [1.807, 2.05) is 6.92 Å². The van der Waals surface area contributed by atoms with Crippen LogP contribution in [-0.4, -0.2) is 11.2 Å². The van der Waals surface area contributed by atoms with Crippen molar-refractivity contribution >= 4 is 0 Å². The van der Waals surface area contributed by atoms with Gasteiger partial charge in [-0.3, -0.25) is 0 Å². The molecule has 0 aromatic rings. The second-order valence-electron chi connectivity index (χ2n) is 2.41. The Morgan fingerprint density at radius 3 is 2.55 bits per heavy atom. The Balaban J connectivity index is 4.12. The zero-order valence-corrected chi connectivity index (χ0v) is 7.09. The molecule has 1 unspecified atom stereocenters. The fourth-order valence-corrected chi connectivity index (χ4v) is 0.891. The molecule has 0 rings (SSSR count). The number of rotatable bonds is 5. The average molecular weight is 152 g/mol. The first-order valence-electron chi connectivity index (χ1n) is 3.89. The Kier molecular flexibility index (Phi) is 5.49. The molecule has 62 valence electrons. The molecule has 0 aromatic heterocycles. The van der Waals surface area contributed by atoms with Gasteiger partial charge in [-0.15, -0.1) is 0 Å². The smallest absolute Gasteiger partial charge is 0.0789 e. The lowest BCUT2D eigenvalue weighted by Gasteiger charge is -2.08.